The second-order valence-electron chi connectivity index (χ2n) is 6.83. The predicted molar refractivity (Wildman–Crippen MR) is 106 cm³/mol. The molecule has 1 saturated heterocycles. The summed E-state index contributed by atoms with van der Waals surface area (Å²) in [7, 11) is 0. The number of aromatic nitrogens is 2. The molecule has 1 aromatic heterocycles. The Morgan fingerprint density at radius 1 is 1.30 bits per heavy atom. The first kappa shape index (κ1) is 21.1. The second-order valence-corrected chi connectivity index (χ2v) is 6.83. The van der Waals surface area contributed by atoms with E-state index >= 15 is 0 Å². The maximum Gasteiger partial charge on any atom is 0.353 e. The number of nitrogens with zero attached hydrogens (tertiary/aromatic N) is 5. The van der Waals surface area contributed by atoms with E-state index in [0.29, 0.717) is 25.6 Å². The normalized spacial score (nSPS) is 20.1. The molecule has 152 valence electrons. The molecule has 27 heavy (non-hydrogen) atoms. The lowest BCUT2D eigenvalue weighted by Gasteiger charge is -2.35. The topological polar surface area (TPSA) is 123 Å². The Bertz CT molecular complexity index is 629. The number of hydrogen-bond donors (Lipinski definition) is 2. The van der Waals surface area contributed by atoms with Crippen molar-refractivity contribution in [1.29, 1.82) is 0 Å². The van der Waals surface area contributed by atoms with Gasteiger partial charge < -0.3 is 25.6 Å². The quantitative estimate of drug-likeness (QED) is 0.374. The summed E-state index contributed by atoms with van der Waals surface area (Å²) in [6.45, 7) is 12.8. The summed E-state index contributed by atoms with van der Waals surface area (Å²) < 4.78 is 5.72. The molecule has 3 N–H and O–H groups in total. The molecule has 0 bridgehead atoms. The van der Waals surface area contributed by atoms with Gasteiger partial charge in [-0.05, 0) is 39.9 Å². The zero-order chi connectivity index (χ0) is 20.0. The van der Waals surface area contributed by atoms with Crippen molar-refractivity contribution in [2.75, 3.05) is 55.2 Å². The Morgan fingerprint density at radius 3 is 2.48 bits per heavy atom. The first-order valence-electron chi connectivity index (χ1n) is 9.54. The third kappa shape index (κ3) is 5.64. The minimum Gasteiger partial charge on any atom is -0.378 e. The average Bonchev–Trinajstić information content (AvgIpc) is 2.60. The van der Waals surface area contributed by atoms with E-state index in [1.807, 2.05) is 18.7 Å². The molecule has 1 fully saturated rings. The van der Waals surface area contributed by atoms with Crippen LogP contribution in [0, 0.1) is 10.1 Å². The van der Waals surface area contributed by atoms with Crippen LogP contribution in [0.3, 0.4) is 0 Å². The van der Waals surface area contributed by atoms with Crippen molar-refractivity contribution >= 4 is 23.3 Å². The molecule has 10 heteroatoms. The van der Waals surface area contributed by atoms with E-state index in [9.17, 15) is 10.1 Å². The van der Waals surface area contributed by atoms with Crippen molar-refractivity contribution in [3.8, 4) is 0 Å². The molecule has 1 aliphatic rings. The van der Waals surface area contributed by atoms with Gasteiger partial charge in [-0.15, -0.1) is 0 Å². The zero-order valence-corrected chi connectivity index (χ0v) is 16.6. The van der Waals surface area contributed by atoms with Gasteiger partial charge in [0.1, 0.15) is 0 Å². The molecule has 0 aliphatic carbocycles. The minimum atomic E-state index is -0.514. The highest BCUT2D eigenvalue weighted by Gasteiger charge is 2.32. The highest BCUT2D eigenvalue weighted by molar-refractivity contribution is 5.71. The van der Waals surface area contributed by atoms with Crippen molar-refractivity contribution in [1.82, 2.24) is 14.9 Å². The number of morpholine rings is 1. The molecular formula is C17H31N7O3. The molecular weight excluding hydrogens is 350 g/mol. The summed E-state index contributed by atoms with van der Waals surface area (Å²) >= 11 is 0. The number of ether oxygens (including phenoxy) is 1. The minimum absolute atomic E-state index is 0.0463. The number of nitrogens with two attached hydrogens (primary N) is 1. The fraction of sp³-hybridized carbons (Fsp3) is 0.765. The van der Waals surface area contributed by atoms with Gasteiger partial charge >= 0.3 is 5.69 Å². The van der Waals surface area contributed by atoms with Crippen LogP contribution in [0.2, 0.25) is 0 Å². The van der Waals surface area contributed by atoms with E-state index < -0.39 is 4.92 Å². The van der Waals surface area contributed by atoms with E-state index in [-0.39, 0.29) is 29.5 Å². The maximum absolute atomic E-state index is 11.5. The van der Waals surface area contributed by atoms with Crippen molar-refractivity contribution in [2.45, 2.75) is 46.3 Å². The Morgan fingerprint density at radius 2 is 1.93 bits per heavy atom. The van der Waals surface area contributed by atoms with Crippen molar-refractivity contribution in [2.24, 2.45) is 0 Å². The van der Waals surface area contributed by atoms with Gasteiger partial charge in [-0.25, -0.2) is 0 Å². The van der Waals surface area contributed by atoms with Crippen LogP contribution in [0.25, 0.3) is 0 Å². The molecule has 0 aromatic carbocycles. The van der Waals surface area contributed by atoms with Gasteiger partial charge in [0.25, 0.3) is 0 Å². The standard InChI is InChI=1S/C17H31N7O3/c1-5-22(6-2)9-7-8-19-17-20-15(18)14(24(25)26)16(21-17)23-10-12(3)27-13(4)11-23/h12-13H,5-11H2,1-4H3,(H3,18,19,20,21). The fourth-order valence-corrected chi connectivity index (χ4v) is 3.33. The largest absolute Gasteiger partial charge is 0.378 e. The van der Waals surface area contributed by atoms with Crippen LogP contribution in [0.4, 0.5) is 23.3 Å². The van der Waals surface area contributed by atoms with Crippen LogP contribution >= 0.6 is 0 Å². The van der Waals surface area contributed by atoms with Crippen LogP contribution in [-0.4, -0.2) is 71.3 Å². The summed E-state index contributed by atoms with van der Waals surface area (Å²) in [6, 6.07) is 0. The molecule has 2 rings (SSSR count). The third-order valence-electron chi connectivity index (χ3n) is 4.62. The van der Waals surface area contributed by atoms with Crippen LogP contribution in [0.5, 0.6) is 0 Å². The first-order chi connectivity index (χ1) is 12.8. The van der Waals surface area contributed by atoms with Gasteiger partial charge in [-0.1, -0.05) is 13.8 Å². The van der Waals surface area contributed by atoms with Gasteiger partial charge in [-0.3, -0.25) is 10.1 Å². The van der Waals surface area contributed by atoms with Crippen molar-refractivity contribution < 1.29 is 9.66 Å². The number of nitro groups is 1. The predicted octanol–water partition coefficient (Wildman–Crippen LogP) is 1.72. The smallest absolute Gasteiger partial charge is 0.353 e. The van der Waals surface area contributed by atoms with Gasteiger partial charge in [0.15, 0.2) is 0 Å². The Hall–Kier alpha value is -2.20. The summed E-state index contributed by atoms with van der Waals surface area (Å²) in [4.78, 5) is 23.7. The number of anilines is 3. The fourth-order valence-electron chi connectivity index (χ4n) is 3.33. The van der Waals surface area contributed by atoms with E-state index in [2.05, 4.69) is 34.0 Å². The Kier molecular flexibility index (Phi) is 7.55. The highest BCUT2D eigenvalue weighted by Crippen LogP contribution is 2.33. The molecule has 10 nitrogen and oxygen atoms in total. The Labute approximate surface area is 160 Å². The van der Waals surface area contributed by atoms with Crippen LogP contribution < -0.4 is 16.0 Å². The number of nitrogen functional groups attached to an aromatic ring is 1. The molecule has 2 atom stereocenters. The molecule has 1 aliphatic heterocycles. The van der Waals surface area contributed by atoms with Crippen LogP contribution in [0.1, 0.15) is 34.1 Å². The molecule has 0 amide bonds. The number of hydrogen-bond acceptors (Lipinski definition) is 9. The van der Waals surface area contributed by atoms with Gasteiger partial charge in [0, 0.05) is 19.6 Å². The second kappa shape index (κ2) is 9.65. The van der Waals surface area contributed by atoms with Gasteiger partial charge in [0.2, 0.25) is 17.6 Å². The van der Waals surface area contributed by atoms with E-state index in [0.717, 1.165) is 26.1 Å². The van der Waals surface area contributed by atoms with Crippen molar-refractivity contribution in [3.05, 3.63) is 10.1 Å². The molecule has 0 radical (unpaired) electrons. The lowest BCUT2D eigenvalue weighted by atomic mass is 10.2. The van der Waals surface area contributed by atoms with Gasteiger partial charge in [0.05, 0.1) is 17.1 Å². The summed E-state index contributed by atoms with van der Waals surface area (Å²) in [5.41, 5.74) is 5.65. The molecule has 0 spiro atoms. The van der Waals surface area contributed by atoms with E-state index in [4.69, 9.17) is 10.5 Å². The monoisotopic (exact) mass is 381 g/mol. The number of nitrogens with one attached hydrogen (secondary N) is 1. The zero-order valence-electron chi connectivity index (χ0n) is 16.6. The molecule has 1 aromatic rings. The van der Waals surface area contributed by atoms with Gasteiger partial charge in [-0.2, -0.15) is 9.97 Å². The van der Waals surface area contributed by atoms with Crippen LogP contribution in [-0.2, 0) is 4.74 Å². The van der Waals surface area contributed by atoms with E-state index in [1.165, 1.54) is 0 Å². The lowest BCUT2D eigenvalue weighted by molar-refractivity contribution is -0.383. The van der Waals surface area contributed by atoms with E-state index in [1.54, 1.807) is 0 Å². The molecule has 2 heterocycles. The third-order valence-corrected chi connectivity index (χ3v) is 4.62. The summed E-state index contributed by atoms with van der Waals surface area (Å²) in [5, 5.41) is 14.7. The summed E-state index contributed by atoms with van der Waals surface area (Å²) in [6.07, 6.45) is 0.827. The maximum atomic E-state index is 11.5. The lowest BCUT2D eigenvalue weighted by Crippen LogP contribution is -2.46. The molecule has 0 saturated carbocycles. The highest BCUT2D eigenvalue weighted by atomic mass is 16.6. The SMILES string of the molecule is CCN(CC)CCCNc1nc(N)c([N+](=O)[O-])c(N2CC(C)OC(C)C2)n1. The first-order valence-corrected chi connectivity index (χ1v) is 9.54. The van der Waals surface area contributed by atoms with Crippen molar-refractivity contribution in [3.63, 3.8) is 0 Å². The summed E-state index contributed by atoms with van der Waals surface area (Å²) in [5.74, 6) is 0.447. The van der Waals surface area contributed by atoms with Crippen LogP contribution in [0.15, 0.2) is 0 Å². The average molecular weight is 381 g/mol. The Balaban J connectivity index is 2.15. The number of rotatable bonds is 9. The molecule has 2 unspecified atom stereocenters.